The smallest absolute Gasteiger partial charge is 0.0907 e. The molecule has 2 nitrogen and oxygen atoms in total. The maximum atomic E-state index is 10.8. The zero-order valence-electron chi connectivity index (χ0n) is 18.0. The van der Waals surface area contributed by atoms with Gasteiger partial charge in [0.2, 0.25) is 0 Å². The molecule has 0 aliphatic rings. The molecule has 0 bridgehead atoms. The van der Waals surface area contributed by atoms with Crippen molar-refractivity contribution < 1.29 is 9.84 Å². The first-order valence-electron chi connectivity index (χ1n) is 10.9. The topological polar surface area (TPSA) is 29.5 Å². The fraction of sp³-hybridized carbons (Fsp3) is 0.172. The summed E-state index contributed by atoms with van der Waals surface area (Å²) >= 11 is 1.75. The van der Waals surface area contributed by atoms with E-state index < -0.39 is 10.9 Å². The van der Waals surface area contributed by atoms with Gasteiger partial charge in [-0.05, 0) is 22.3 Å². The number of aliphatic hydroxyl groups is 1. The van der Waals surface area contributed by atoms with Gasteiger partial charge in [-0.25, -0.2) is 0 Å². The second-order valence-corrected chi connectivity index (χ2v) is 8.98. The van der Waals surface area contributed by atoms with Crippen molar-refractivity contribution in [2.75, 3.05) is 12.4 Å². The number of ether oxygens (including phenoxy) is 1. The summed E-state index contributed by atoms with van der Waals surface area (Å²) in [6, 6.07) is 41.7. The van der Waals surface area contributed by atoms with Crippen LogP contribution in [-0.2, 0) is 16.1 Å². The van der Waals surface area contributed by atoms with E-state index in [4.69, 9.17) is 4.74 Å². The second kappa shape index (κ2) is 11.1. The molecule has 3 heteroatoms. The first-order chi connectivity index (χ1) is 15.8. The van der Waals surface area contributed by atoms with Gasteiger partial charge in [0.15, 0.2) is 0 Å². The Morgan fingerprint density at radius 2 is 1.03 bits per heavy atom. The molecule has 32 heavy (non-hydrogen) atoms. The van der Waals surface area contributed by atoms with Crippen molar-refractivity contribution >= 4 is 11.8 Å². The van der Waals surface area contributed by atoms with Gasteiger partial charge in [0.1, 0.15) is 0 Å². The number of hydrogen-bond acceptors (Lipinski definition) is 3. The molecule has 4 aromatic rings. The fourth-order valence-electron chi connectivity index (χ4n) is 3.92. The maximum absolute atomic E-state index is 10.8. The van der Waals surface area contributed by atoms with Crippen molar-refractivity contribution in [3.63, 3.8) is 0 Å². The average Bonchev–Trinajstić information content (AvgIpc) is 2.87. The van der Waals surface area contributed by atoms with E-state index in [2.05, 4.69) is 72.8 Å². The van der Waals surface area contributed by atoms with E-state index in [9.17, 15) is 5.11 Å². The predicted molar refractivity (Wildman–Crippen MR) is 134 cm³/mol. The zero-order chi connectivity index (χ0) is 22.1. The standard InChI is InChI=1S/C29H28O2S/c30-28(22-31-21-24-13-5-1-6-14-24)23-32-29(25-15-7-2-8-16-25,26-17-9-3-10-18-26)27-19-11-4-12-20-27/h1-20,28,30H,21-23H2. The predicted octanol–water partition coefficient (Wildman–Crippen LogP) is 6.29. The highest BCUT2D eigenvalue weighted by atomic mass is 32.2. The van der Waals surface area contributed by atoms with Crippen LogP contribution in [0.25, 0.3) is 0 Å². The molecule has 0 heterocycles. The van der Waals surface area contributed by atoms with Crippen LogP contribution in [0.3, 0.4) is 0 Å². The van der Waals surface area contributed by atoms with E-state index in [0.717, 1.165) is 5.56 Å². The summed E-state index contributed by atoms with van der Waals surface area (Å²) < 4.78 is 5.37. The fourth-order valence-corrected chi connectivity index (χ4v) is 5.37. The molecule has 1 unspecified atom stereocenters. The van der Waals surface area contributed by atoms with Crippen LogP contribution in [0.4, 0.5) is 0 Å². The Morgan fingerprint density at radius 1 is 0.625 bits per heavy atom. The molecule has 4 aromatic carbocycles. The molecule has 0 saturated heterocycles. The first kappa shape index (κ1) is 22.3. The van der Waals surface area contributed by atoms with Crippen molar-refractivity contribution in [1.29, 1.82) is 0 Å². The van der Waals surface area contributed by atoms with Gasteiger partial charge in [-0.2, -0.15) is 0 Å². The van der Waals surface area contributed by atoms with E-state index >= 15 is 0 Å². The quantitative estimate of drug-likeness (QED) is 0.294. The van der Waals surface area contributed by atoms with E-state index in [1.807, 2.05) is 48.5 Å². The Hall–Kier alpha value is -2.85. The lowest BCUT2D eigenvalue weighted by molar-refractivity contribution is 0.0397. The number of aliphatic hydroxyl groups excluding tert-OH is 1. The summed E-state index contributed by atoms with van der Waals surface area (Å²) in [5, 5.41) is 10.8. The van der Waals surface area contributed by atoms with Crippen LogP contribution in [0.15, 0.2) is 121 Å². The summed E-state index contributed by atoms with van der Waals surface area (Å²) in [5.74, 6) is 0.549. The van der Waals surface area contributed by atoms with Gasteiger partial charge in [-0.1, -0.05) is 121 Å². The number of benzene rings is 4. The largest absolute Gasteiger partial charge is 0.390 e. The van der Waals surface area contributed by atoms with Crippen LogP contribution in [-0.4, -0.2) is 23.6 Å². The first-order valence-corrected chi connectivity index (χ1v) is 11.9. The summed E-state index contributed by atoms with van der Waals surface area (Å²) in [6.07, 6.45) is -0.570. The Kier molecular flexibility index (Phi) is 7.78. The normalized spacial score (nSPS) is 12.4. The Balaban J connectivity index is 1.58. The lowest BCUT2D eigenvalue weighted by atomic mass is 9.84. The average molecular weight is 441 g/mol. The zero-order valence-corrected chi connectivity index (χ0v) is 18.8. The molecule has 0 spiro atoms. The molecule has 0 aromatic heterocycles. The summed E-state index contributed by atoms with van der Waals surface area (Å²) in [6.45, 7) is 0.806. The molecule has 0 amide bonds. The summed E-state index contributed by atoms with van der Waals surface area (Å²) in [7, 11) is 0. The van der Waals surface area contributed by atoms with Gasteiger partial charge < -0.3 is 9.84 Å². The highest BCUT2D eigenvalue weighted by molar-refractivity contribution is 8.00. The molecule has 162 valence electrons. The van der Waals surface area contributed by atoms with Crippen molar-refractivity contribution in [2.24, 2.45) is 0 Å². The van der Waals surface area contributed by atoms with E-state index in [-0.39, 0.29) is 0 Å². The molecular weight excluding hydrogens is 412 g/mol. The Labute approximate surface area is 194 Å². The van der Waals surface area contributed by atoms with Gasteiger partial charge in [-0.15, -0.1) is 11.8 Å². The molecule has 0 aliphatic carbocycles. The van der Waals surface area contributed by atoms with Crippen LogP contribution < -0.4 is 0 Å². The summed E-state index contributed by atoms with van der Waals surface area (Å²) in [5.41, 5.74) is 4.69. The van der Waals surface area contributed by atoms with Crippen molar-refractivity contribution in [3.05, 3.63) is 144 Å². The van der Waals surface area contributed by atoms with Crippen LogP contribution in [0.1, 0.15) is 22.3 Å². The Bertz CT molecular complexity index is 957. The third-order valence-electron chi connectivity index (χ3n) is 5.45. The SMILES string of the molecule is OC(COCc1ccccc1)CSC(c1ccccc1)(c1ccccc1)c1ccccc1. The van der Waals surface area contributed by atoms with E-state index in [1.54, 1.807) is 11.8 Å². The lowest BCUT2D eigenvalue weighted by Crippen LogP contribution is -2.29. The Morgan fingerprint density at radius 3 is 1.47 bits per heavy atom. The minimum absolute atomic E-state index is 0.302. The number of hydrogen-bond donors (Lipinski definition) is 1. The molecule has 0 saturated carbocycles. The molecule has 0 radical (unpaired) electrons. The van der Waals surface area contributed by atoms with Crippen molar-refractivity contribution in [1.82, 2.24) is 0 Å². The second-order valence-electron chi connectivity index (χ2n) is 7.74. The van der Waals surface area contributed by atoms with E-state index in [0.29, 0.717) is 19.0 Å². The molecule has 1 N–H and O–H groups in total. The van der Waals surface area contributed by atoms with Crippen LogP contribution >= 0.6 is 11.8 Å². The molecular formula is C29H28O2S. The summed E-state index contributed by atoms with van der Waals surface area (Å²) in [4.78, 5) is 0. The molecule has 1 atom stereocenters. The maximum Gasteiger partial charge on any atom is 0.0907 e. The monoisotopic (exact) mass is 440 g/mol. The van der Waals surface area contributed by atoms with Gasteiger partial charge in [-0.3, -0.25) is 0 Å². The molecule has 0 aliphatic heterocycles. The minimum atomic E-state index is -0.570. The molecule has 0 fully saturated rings. The number of rotatable bonds is 10. The third kappa shape index (κ3) is 5.31. The highest BCUT2D eigenvalue weighted by Crippen LogP contribution is 2.48. The van der Waals surface area contributed by atoms with Crippen molar-refractivity contribution in [2.45, 2.75) is 17.5 Å². The molecule has 4 rings (SSSR count). The van der Waals surface area contributed by atoms with Gasteiger partial charge in [0.05, 0.1) is 24.1 Å². The van der Waals surface area contributed by atoms with Crippen LogP contribution in [0.5, 0.6) is 0 Å². The third-order valence-corrected chi connectivity index (χ3v) is 7.15. The van der Waals surface area contributed by atoms with Crippen molar-refractivity contribution in [3.8, 4) is 0 Å². The van der Waals surface area contributed by atoms with Crippen LogP contribution in [0.2, 0.25) is 0 Å². The minimum Gasteiger partial charge on any atom is -0.390 e. The van der Waals surface area contributed by atoms with E-state index in [1.165, 1.54) is 16.7 Å². The van der Waals surface area contributed by atoms with Crippen LogP contribution in [0, 0.1) is 0 Å². The van der Waals surface area contributed by atoms with Gasteiger partial charge in [0.25, 0.3) is 0 Å². The van der Waals surface area contributed by atoms with Gasteiger partial charge >= 0.3 is 0 Å². The highest BCUT2D eigenvalue weighted by Gasteiger charge is 2.37. The number of thioether (sulfide) groups is 1. The lowest BCUT2D eigenvalue weighted by Gasteiger charge is -2.36. The van der Waals surface area contributed by atoms with Gasteiger partial charge in [0, 0.05) is 5.75 Å².